The van der Waals surface area contributed by atoms with Crippen LogP contribution in [0.25, 0.3) is 0 Å². The van der Waals surface area contributed by atoms with Crippen LogP contribution in [0.4, 0.5) is 0 Å². The zero-order valence-corrected chi connectivity index (χ0v) is 13.5. The Morgan fingerprint density at radius 1 is 1.11 bits per heavy atom. The zero-order chi connectivity index (χ0) is 14.7. The molecule has 0 saturated heterocycles. The van der Waals surface area contributed by atoms with Gasteiger partial charge in [0.2, 0.25) is 0 Å². The predicted octanol–water partition coefficient (Wildman–Crippen LogP) is 5.27. The lowest BCUT2D eigenvalue weighted by molar-refractivity contribution is -0.160. The molecule has 0 heterocycles. The molecule has 0 aliphatic carbocycles. The maximum atomic E-state index is 12.1. The fraction of sp³-hybridized carbons (Fsp3) is 0.824. The van der Waals surface area contributed by atoms with Crippen LogP contribution in [0.5, 0.6) is 0 Å². The molecular formula is C17H32O2. The molecule has 0 aliphatic rings. The topological polar surface area (TPSA) is 26.3 Å². The second kappa shape index (κ2) is 10.1. The second-order valence-electron chi connectivity index (χ2n) is 6.18. The van der Waals surface area contributed by atoms with E-state index in [2.05, 4.69) is 26.0 Å². The molecule has 0 bridgehead atoms. The van der Waals surface area contributed by atoms with E-state index in [1.165, 1.54) is 0 Å². The third-order valence-electron chi connectivity index (χ3n) is 2.97. The van der Waals surface area contributed by atoms with Gasteiger partial charge in [-0.3, -0.25) is 4.79 Å². The van der Waals surface area contributed by atoms with Crippen molar-refractivity contribution in [1.29, 1.82) is 0 Å². The second-order valence-corrected chi connectivity index (χ2v) is 6.18. The Bertz CT molecular complexity index is 261. The summed E-state index contributed by atoms with van der Waals surface area (Å²) < 4.78 is 5.52. The van der Waals surface area contributed by atoms with Crippen LogP contribution in [0.3, 0.4) is 0 Å². The van der Waals surface area contributed by atoms with Crippen molar-refractivity contribution in [3.63, 3.8) is 0 Å². The third kappa shape index (κ3) is 10.8. The van der Waals surface area contributed by atoms with Crippen molar-refractivity contribution in [2.45, 2.75) is 85.2 Å². The average molecular weight is 268 g/mol. The summed E-state index contributed by atoms with van der Waals surface area (Å²) in [6, 6.07) is 0. The van der Waals surface area contributed by atoms with Gasteiger partial charge in [-0.15, -0.1) is 0 Å². The molecule has 0 rings (SSSR count). The first-order chi connectivity index (χ1) is 8.90. The highest BCUT2D eigenvalue weighted by molar-refractivity contribution is 5.72. The number of ether oxygens (including phenoxy) is 1. The number of rotatable bonds is 9. The molecule has 0 aromatic rings. The normalized spacial score (nSPS) is 13.7. The molecule has 2 heteroatoms. The first kappa shape index (κ1) is 18.2. The van der Waals surface area contributed by atoms with Gasteiger partial charge in [-0.05, 0) is 52.9 Å². The summed E-state index contributed by atoms with van der Waals surface area (Å²) in [6.45, 7) is 10.1. The lowest BCUT2D eigenvalue weighted by Gasteiger charge is -2.24. The fourth-order valence-corrected chi connectivity index (χ4v) is 1.98. The van der Waals surface area contributed by atoms with E-state index in [1.54, 1.807) is 0 Å². The van der Waals surface area contributed by atoms with Crippen LogP contribution in [0.2, 0.25) is 0 Å². The lowest BCUT2D eigenvalue weighted by atomic mass is 9.95. The van der Waals surface area contributed by atoms with Crippen molar-refractivity contribution < 1.29 is 9.53 Å². The molecule has 0 N–H and O–H groups in total. The minimum Gasteiger partial charge on any atom is -0.460 e. The summed E-state index contributed by atoms with van der Waals surface area (Å²) in [5.74, 6) is 0.0645. The van der Waals surface area contributed by atoms with Gasteiger partial charge in [0.05, 0.1) is 5.92 Å². The smallest absolute Gasteiger partial charge is 0.309 e. The zero-order valence-electron chi connectivity index (χ0n) is 13.5. The Morgan fingerprint density at radius 3 is 2.26 bits per heavy atom. The predicted molar refractivity (Wildman–Crippen MR) is 82.1 cm³/mol. The van der Waals surface area contributed by atoms with E-state index >= 15 is 0 Å². The molecule has 1 unspecified atom stereocenters. The molecule has 0 aromatic heterocycles. The van der Waals surface area contributed by atoms with E-state index in [0.717, 1.165) is 44.9 Å². The summed E-state index contributed by atoms with van der Waals surface area (Å²) in [6.07, 6.45) is 11.8. The number of carbonyl (C=O) groups excluding carboxylic acids is 1. The van der Waals surface area contributed by atoms with E-state index in [1.807, 2.05) is 20.8 Å². The largest absolute Gasteiger partial charge is 0.460 e. The molecule has 2 nitrogen and oxygen atoms in total. The van der Waals surface area contributed by atoms with Crippen LogP contribution in [-0.2, 0) is 9.53 Å². The molecule has 112 valence electrons. The highest BCUT2D eigenvalue weighted by Crippen LogP contribution is 2.21. The first-order valence-electron chi connectivity index (χ1n) is 7.78. The van der Waals surface area contributed by atoms with Gasteiger partial charge in [-0.25, -0.2) is 0 Å². The molecule has 1 atom stereocenters. The van der Waals surface area contributed by atoms with Crippen molar-refractivity contribution in [1.82, 2.24) is 0 Å². The van der Waals surface area contributed by atoms with Crippen molar-refractivity contribution in [2.24, 2.45) is 5.92 Å². The average Bonchev–Trinajstić information content (AvgIpc) is 2.30. The summed E-state index contributed by atoms with van der Waals surface area (Å²) in [5, 5.41) is 0. The molecule has 19 heavy (non-hydrogen) atoms. The number of allylic oxidation sites excluding steroid dienone is 2. The van der Waals surface area contributed by atoms with Gasteiger partial charge >= 0.3 is 5.97 Å². The molecule has 0 radical (unpaired) electrons. The van der Waals surface area contributed by atoms with Gasteiger partial charge in [0.25, 0.3) is 0 Å². The van der Waals surface area contributed by atoms with Crippen molar-refractivity contribution in [3.05, 3.63) is 12.2 Å². The van der Waals surface area contributed by atoms with Crippen molar-refractivity contribution >= 4 is 5.97 Å². The van der Waals surface area contributed by atoms with E-state index in [9.17, 15) is 4.79 Å². The van der Waals surface area contributed by atoms with Gasteiger partial charge in [-0.2, -0.15) is 0 Å². The van der Waals surface area contributed by atoms with Gasteiger partial charge in [-0.1, -0.05) is 38.8 Å². The quantitative estimate of drug-likeness (QED) is 0.323. The van der Waals surface area contributed by atoms with Crippen LogP contribution >= 0.6 is 0 Å². The van der Waals surface area contributed by atoms with Crippen LogP contribution in [-0.4, -0.2) is 11.6 Å². The first-order valence-corrected chi connectivity index (χ1v) is 7.78. The van der Waals surface area contributed by atoms with E-state index < -0.39 is 0 Å². The number of hydrogen-bond donors (Lipinski definition) is 0. The maximum absolute atomic E-state index is 12.1. The molecule has 0 amide bonds. The van der Waals surface area contributed by atoms with Crippen LogP contribution in [0.15, 0.2) is 12.2 Å². The van der Waals surface area contributed by atoms with E-state index in [0.29, 0.717) is 0 Å². The number of carbonyl (C=O) groups is 1. The minimum absolute atomic E-state index is 0.0135. The Kier molecular flexibility index (Phi) is 9.63. The molecule has 0 spiro atoms. The SMILES string of the molecule is CCC=CCCCC(CCCC)C(=O)OC(C)(C)C. The van der Waals surface area contributed by atoms with E-state index in [4.69, 9.17) is 4.74 Å². The summed E-state index contributed by atoms with van der Waals surface area (Å²) in [7, 11) is 0. The Morgan fingerprint density at radius 2 is 1.74 bits per heavy atom. The number of unbranched alkanes of at least 4 members (excludes halogenated alkanes) is 2. The van der Waals surface area contributed by atoms with Gasteiger partial charge < -0.3 is 4.74 Å². The Hall–Kier alpha value is -0.790. The van der Waals surface area contributed by atoms with Crippen molar-refractivity contribution in [3.8, 4) is 0 Å². The standard InChI is InChI=1S/C17H32O2/c1-6-8-10-11-12-14-15(13-9-7-2)16(18)19-17(3,4)5/h8,10,15H,6-7,9,11-14H2,1-5H3. The Labute approximate surface area is 119 Å². The van der Waals surface area contributed by atoms with Crippen molar-refractivity contribution in [2.75, 3.05) is 0 Å². The summed E-state index contributed by atoms with van der Waals surface area (Å²) in [5.41, 5.74) is -0.371. The minimum atomic E-state index is -0.371. The monoisotopic (exact) mass is 268 g/mol. The lowest BCUT2D eigenvalue weighted by Crippen LogP contribution is -2.28. The van der Waals surface area contributed by atoms with Gasteiger partial charge in [0.15, 0.2) is 0 Å². The van der Waals surface area contributed by atoms with Crippen LogP contribution < -0.4 is 0 Å². The summed E-state index contributed by atoms with van der Waals surface area (Å²) >= 11 is 0. The van der Waals surface area contributed by atoms with Gasteiger partial charge in [0, 0.05) is 0 Å². The van der Waals surface area contributed by atoms with E-state index in [-0.39, 0.29) is 17.5 Å². The Balaban J connectivity index is 4.21. The number of esters is 1. The van der Waals surface area contributed by atoms with Crippen LogP contribution in [0.1, 0.15) is 79.6 Å². The third-order valence-corrected chi connectivity index (χ3v) is 2.97. The van der Waals surface area contributed by atoms with Gasteiger partial charge in [0.1, 0.15) is 5.60 Å². The molecular weight excluding hydrogens is 236 g/mol. The molecule has 0 saturated carbocycles. The molecule has 0 aliphatic heterocycles. The highest BCUT2D eigenvalue weighted by atomic mass is 16.6. The maximum Gasteiger partial charge on any atom is 0.309 e. The number of hydrogen-bond acceptors (Lipinski definition) is 2. The molecule has 0 fully saturated rings. The molecule has 0 aromatic carbocycles. The highest BCUT2D eigenvalue weighted by Gasteiger charge is 2.24. The summed E-state index contributed by atoms with van der Waals surface area (Å²) in [4.78, 5) is 12.1. The van der Waals surface area contributed by atoms with Crippen LogP contribution in [0, 0.1) is 5.92 Å². The fourth-order valence-electron chi connectivity index (χ4n) is 1.98.